The largest absolute Gasteiger partial charge is 0.507 e. The van der Waals surface area contributed by atoms with Crippen LogP contribution >= 0.6 is 0 Å². The molecule has 0 heterocycles. The molecule has 23 heavy (non-hydrogen) atoms. The number of benzene rings is 1. The zero-order valence-corrected chi connectivity index (χ0v) is 13.8. The number of hydrogen-bond donors (Lipinski definition) is 1. The molecular weight excluding hydrogens is 298 g/mol. The predicted octanol–water partition coefficient (Wildman–Crippen LogP) is 1.94. The minimum Gasteiger partial charge on any atom is -0.507 e. The third-order valence-corrected chi connectivity index (χ3v) is 3.13. The van der Waals surface area contributed by atoms with Gasteiger partial charge in [0.05, 0.1) is 19.9 Å². The summed E-state index contributed by atoms with van der Waals surface area (Å²) in [5.41, 5.74) is 1.36. The molecule has 6 nitrogen and oxygen atoms in total. The molecule has 0 saturated heterocycles. The highest BCUT2D eigenvalue weighted by Crippen LogP contribution is 2.28. The SMILES string of the molecule is COC(=O)CCCC#Cc1cc(C(=O)OC)c(O)cc1N(C)C. The molecule has 0 bridgehead atoms. The van der Waals surface area contributed by atoms with E-state index in [0.717, 1.165) is 0 Å². The van der Waals surface area contributed by atoms with Crippen molar-refractivity contribution in [1.82, 2.24) is 0 Å². The van der Waals surface area contributed by atoms with Crippen molar-refractivity contribution in [2.75, 3.05) is 33.2 Å². The number of ether oxygens (including phenoxy) is 2. The maximum atomic E-state index is 11.7. The van der Waals surface area contributed by atoms with Gasteiger partial charge in [0.25, 0.3) is 0 Å². The summed E-state index contributed by atoms with van der Waals surface area (Å²) in [6.45, 7) is 0. The number of anilines is 1. The zero-order valence-electron chi connectivity index (χ0n) is 13.8. The van der Waals surface area contributed by atoms with E-state index in [2.05, 4.69) is 21.3 Å². The fraction of sp³-hybridized carbons (Fsp3) is 0.412. The van der Waals surface area contributed by atoms with Gasteiger partial charge in [0.2, 0.25) is 0 Å². The van der Waals surface area contributed by atoms with Crippen LogP contribution in [0, 0.1) is 11.8 Å². The fourth-order valence-electron chi connectivity index (χ4n) is 1.90. The highest BCUT2D eigenvalue weighted by molar-refractivity contribution is 5.94. The lowest BCUT2D eigenvalue weighted by atomic mass is 10.1. The van der Waals surface area contributed by atoms with Crippen LogP contribution in [0.4, 0.5) is 5.69 Å². The smallest absolute Gasteiger partial charge is 0.341 e. The molecular formula is C17H21NO5. The summed E-state index contributed by atoms with van der Waals surface area (Å²) in [5, 5.41) is 9.94. The van der Waals surface area contributed by atoms with Crippen LogP contribution in [0.1, 0.15) is 35.2 Å². The summed E-state index contributed by atoms with van der Waals surface area (Å²) in [4.78, 5) is 24.5. The van der Waals surface area contributed by atoms with E-state index < -0.39 is 5.97 Å². The lowest BCUT2D eigenvalue weighted by Crippen LogP contribution is -2.12. The number of phenolic OH excluding ortho intramolecular Hbond substituents is 1. The Morgan fingerprint density at radius 2 is 1.91 bits per heavy atom. The summed E-state index contributed by atoms with van der Waals surface area (Å²) in [5.74, 6) is 4.89. The molecule has 124 valence electrons. The van der Waals surface area contributed by atoms with E-state index in [0.29, 0.717) is 30.5 Å². The van der Waals surface area contributed by atoms with E-state index >= 15 is 0 Å². The molecule has 0 aromatic heterocycles. The van der Waals surface area contributed by atoms with Crippen LogP contribution in [0.5, 0.6) is 5.75 Å². The van der Waals surface area contributed by atoms with E-state index in [1.807, 2.05) is 14.1 Å². The quantitative estimate of drug-likeness (QED) is 0.508. The van der Waals surface area contributed by atoms with Gasteiger partial charge in [0, 0.05) is 38.6 Å². The number of aromatic hydroxyl groups is 1. The molecule has 0 radical (unpaired) electrons. The monoisotopic (exact) mass is 319 g/mol. The second-order valence-corrected chi connectivity index (χ2v) is 5.00. The summed E-state index contributed by atoms with van der Waals surface area (Å²) in [6, 6.07) is 2.98. The number of nitrogens with zero attached hydrogens (tertiary/aromatic N) is 1. The summed E-state index contributed by atoms with van der Waals surface area (Å²) < 4.78 is 9.20. The second kappa shape index (κ2) is 8.69. The topological polar surface area (TPSA) is 76.1 Å². The number of rotatable bonds is 5. The van der Waals surface area contributed by atoms with Crippen molar-refractivity contribution >= 4 is 17.6 Å². The molecule has 0 unspecified atom stereocenters. The minimum atomic E-state index is -0.624. The number of carbonyl (C=O) groups excluding carboxylic acids is 2. The number of carbonyl (C=O) groups is 2. The van der Waals surface area contributed by atoms with Crippen LogP contribution in [0.2, 0.25) is 0 Å². The van der Waals surface area contributed by atoms with E-state index in [-0.39, 0.29) is 17.3 Å². The molecule has 0 aliphatic carbocycles. The van der Waals surface area contributed by atoms with Crippen molar-refractivity contribution in [1.29, 1.82) is 0 Å². The normalized spacial score (nSPS) is 9.57. The molecule has 0 aliphatic rings. The van der Waals surface area contributed by atoms with Crippen LogP contribution in [0.3, 0.4) is 0 Å². The van der Waals surface area contributed by atoms with Crippen molar-refractivity contribution in [3.05, 3.63) is 23.3 Å². The van der Waals surface area contributed by atoms with Gasteiger partial charge in [-0.3, -0.25) is 4.79 Å². The maximum absolute atomic E-state index is 11.7. The van der Waals surface area contributed by atoms with Gasteiger partial charge in [-0.1, -0.05) is 11.8 Å². The average Bonchev–Trinajstić information content (AvgIpc) is 2.54. The number of unbranched alkanes of at least 4 members (excludes halogenated alkanes) is 1. The zero-order chi connectivity index (χ0) is 17.4. The minimum absolute atomic E-state index is 0.0666. The molecule has 1 aromatic rings. The highest BCUT2D eigenvalue weighted by atomic mass is 16.5. The molecule has 6 heteroatoms. The third kappa shape index (κ3) is 5.22. The average molecular weight is 319 g/mol. The van der Waals surface area contributed by atoms with Crippen molar-refractivity contribution in [2.24, 2.45) is 0 Å². The fourth-order valence-corrected chi connectivity index (χ4v) is 1.90. The molecule has 0 fully saturated rings. The van der Waals surface area contributed by atoms with Gasteiger partial charge in [-0.15, -0.1) is 0 Å². The highest BCUT2D eigenvalue weighted by Gasteiger charge is 2.16. The molecule has 0 saturated carbocycles. The maximum Gasteiger partial charge on any atom is 0.341 e. The first-order valence-corrected chi connectivity index (χ1v) is 7.09. The molecule has 0 amide bonds. The van der Waals surface area contributed by atoms with Gasteiger partial charge in [0.15, 0.2) is 0 Å². The van der Waals surface area contributed by atoms with Gasteiger partial charge in [-0.05, 0) is 12.5 Å². The van der Waals surface area contributed by atoms with Gasteiger partial charge < -0.3 is 19.5 Å². The lowest BCUT2D eigenvalue weighted by molar-refractivity contribution is -0.140. The molecule has 1 N–H and O–H groups in total. The Kier molecular flexibility index (Phi) is 6.94. The van der Waals surface area contributed by atoms with Crippen LogP contribution < -0.4 is 4.90 Å². The van der Waals surface area contributed by atoms with Gasteiger partial charge in [0.1, 0.15) is 11.3 Å². The van der Waals surface area contributed by atoms with Gasteiger partial charge in [-0.25, -0.2) is 4.79 Å². The Bertz CT molecular complexity index is 640. The first-order valence-electron chi connectivity index (χ1n) is 7.09. The second-order valence-electron chi connectivity index (χ2n) is 5.00. The number of phenols is 1. The first kappa shape index (κ1) is 18.4. The summed E-state index contributed by atoms with van der Waals surface area (Å²) in [6.07, 6.45) is 1.43. The standard InChI is InChI=1S/C17H21NO5/c1-18(2)14-11-15(19)13(17(21)23-4)10-12(14)8-6-5-7-9-16(20)22-3/h10-11,19H,5,7,9H2,1-4H3. The van der Waals surface area contributed by atoms with Gasteiger partial charge in [-0.2, -0.15) is 0 Å². The van der Waals surface area contributed by atoms with Crippen LogP contribution in [0.25, 0.3) is 0 Å². The number of esters is 2. The van der Waals surface area contributed by atoms with Crippen molar-refractivity contribution in [3.8, 4) is 17.6 Å². The van der Waals surface area contributed by atoms with Crippen LogP contribution in [0.15, 0.2) is 12.1 Å². The lowest BCUT2D eigenvalue weighted by Gasteiger charge is -2.16. The van der Waals surface area contributed by atoms with E-state index in [9.17, 15) is 14.7 Å². The molecule has 1 aromatic carbocycles. The Morgan fingerprint density at radius 1 is 1.22 bits per heavy atom. The predicted molar refractivity (Wildman–Crippen MR) is 86.5 cm³/mol. The molecule has 0 atom stereocenters. The van der Waals surface area contributed by atoms with Crippen LogP contribution in [-0.2, 0) is 14.3 Å². The molecule has 1 rings (SSSR count). The number of methoxy groups -OCH3 is 2. The van der Waals surface area contributed by atoms with Crippen molar-refractivity contribution in [2.45, 2.75) is 19.3 Å². The van der Waals surface area contributed by atoms with E-state index in [4.69, 9.17) is 0 Å². The first-order chi connectivity index (χ1) is 10.9. The summed E-state index contributed by atoms with van der Waals surface area (Å²) in [7, 11) is 6.23. The number of hydrogen-bond acceptors (Lipinski definition) is 6. The third-order valence-electron chi connectivity index (χ3n) is 3.13. The Balaban J connectivity index is 2.99. The molecule has 0 aliphatic heterocycles. The van der Waals surface area contributed by atoms with Crippen molar-refractivity contribution < 1.29 is 24.2 Å². The van der Waals surface area contributed by atoms with Crippen molar-refractivity contribution in [3.63, 3.8) is 0 Å². The van der Waals surface area contributed by atoms with E-state index in [1.54, 1.807) is 4.90 Å². The van der Waals surface area contributed by atoms with Gasteiger partial charge >= 0.3 is 11.9 Å². The molecule has 0 spiro atoms. The Hall–Kier alpha value is -2.68. The Labute approximate surface area is 136 Å². The van der Waals surface area contributed by atoms with E-state index in [1.165, 1.54) is 26.4 Å². The summed E-state index contributed by atoms with van der Waals surface area (Å²) >= 11 is 0. The van der Waals surface area contributed by atoms with Crippen LogP contribution in [-0.4, -0.2) is 45.4 Å². The Morgan fingerprint density at radius 3 is 2.48 bits per heavy atom.